The van der Waals surface area contributed by atoms with Gasteiger partial charge in [-0.1, -0.05) is 30.3 Å². The van der Waals surface area contributed by atoms with Crippen LogP contribution in [0.4, 0.5) is 15.8 Å². The van der Waals surface area contributed by atoms with Crippen LogP contribution in [0, 0.1) is 5.82 Å². The van der Waals surface area contributed by atoms with Crippen molar-refractivity contribution in [3.63, 3.8) is 0 Å². The van der Waals surface area contributed by atoms with E-state index in [1.807, 2.05) is 12.1 Å². The molecule has 1 spiro atoms. The van der Waals surface area contributed by atoms with Crippen LogP contribution < -0.4 is 19.7 Å². The summed E-state index contributed by atoms with van der Waals surface area (Å²) in [7, 11) is 1.50. The molecule has 1 unspecified atom stereocenters. The Labute approximate surface area is 177 Å². The topological polar surface area (TPSA) is 80.8 Å². The third kappa shape index (κ3) is 2.83. The van der Waals surface area contributed by atoms with Crippen LogP contribution in [-0.2, 0) is 15.0 Å². The van der Waals surface area contributed by atoms with Crippen LogP contribution in [0.3, 0.4) is 0 Å². The van der Waals surface area contributed by atoms with Crippen molar-refractivity contribution in [3.8, 4) is 11.6 Å². The van der Waals surface area contributed by atoms with Crippen LogP contribution in [-0.4, -0.2) is 37.1 Å². The fourth-order valence-electron chi connectivity index (χ4n) is 4.16. The highest BCUT2D eigenvalue weighted by Crippen LogP contribution is 2.51. The van der Waals surface area contributed by atoms with Crippen molar-refractivity contribution in [3.05, 3.63) is 77.7 Å². The quantitative estimate of drug-likeness (QED) is 0.703. The lowest BCUT2D eigenvalue weighted by Crippen LogP contribution is -2.45. The zero-order valence-electron chi connectivity index (χ0n) is 16.6. The number of anilines is 2. The van der Waals surface area contributed by atoms with Crippen LogP contribution in [0.15, 0.2) is 60.7 Å². The molecule has 8 heteroatoms. The van der Waals surface area contributed by atoms with Gasteiger partial charge < -0.3 is 19.7 Å². The summed E-state index contributed by atoms with van der Waals surface area (Å²) in [6, 6.07) is 16.5. The zero-order chi connectivity index (χ0) is 21.6. The number of para-hydroxylation sites is 2. The predicted molar refractivity (Wildman–Crippen MR) is 111 cm³/mol. The predicted octanol–water partition coefficient (Wildman–Crippen LogP) is 2.89. The molecule has 1 aromatic heterocycles. The molecule has 0 fully saturated rings. The number of ether oxygens (including phenoxy) is 2. The van der Waals surface area contributed by atoms with Crippen LogP contribution in [0.25, 0.3) is 0 Å². The molecule has 1 N–H and O–H groups in total. The number of amides is 2. The number of methoxy groups -OCH3 is 1. The maximum absolute atomic E-state index is 13.9. The van der Waals surface area contributed by atoms with E-state index in [-0.39, 0.29) is 24.7 Å². The fraction of sp³-hybridized carbons (Fsp3) is 0.174. The molecule has 3 aromatic rings. The molecule has 0 saturated heterocycles. The number of carbonyl (C=O) groups excluding carboxylic acids is 2. The maximum atomic E-state index is 13.9. The van der Waals surface area contributed by atoms with E-state index < -0.39 is 17.1 Å². The van der Waals surface area contributed by atoms with Gasteiger partial charge >= 0.3 is 0 Å². The number of carbonyl (C=O) groups is 2. The maximum Gasteiger partial charge on any atom is 0.247 e. The number of fused-ring (bicyclic) bond motifs is 4. The molecule has 31 heavy (non-hydrogen) atoms. The minimum absolute atomic E-state index is 0.0584. The molecule has 7 nitrogen and oxygen atoms in total. The van der Waals surface area contributed by atoms with E-state index in [0.717, 1.165) is 0 Å². The molecule has 1 atom stereocenters. The number of nitrogens with one attached hydrogen (secondary N) is 1. The van der Waals surface area contributed by atoms with Crippen LogP contribution in [0.2, 0.25) is 0 Å². The molecular weight excluding hydrogens is 401 g/mol. The molecule has 0 radical (unpaired) electrons. The third-order valence-corrected chi connectivity index (χ3v) is 5.60. The summed E-state index contributed by atoms with van der Waals surface area (Å²) in [5, 5.41) is 2.53. The molecular formula is C23H18FN3O4. The first-order chi connectivity index (χ1) is 15.0. The number of hydrogen-bond acceptors (Lipinski definition) is 5. The number of pyridine rings is 1. The van der Waals surface area contributed by atoms with Crippen LogP contribution in [0.5, 0.6) is 11.6 Å². The Kier molecular flexibility index (Phi) is 4.35. The minimum atomic E-state index is -1.17. The van der Waals surface area contributed by atoms with Gasteiger partial charge in [0, 0.05) is 17.3 Å². The summed E-state index contributed by atoms with van der Waals surface area (Å²) in [5.74, 6) is -0.513. The fourth-order valence-corrected chi connectivity index (χ4v) is 4.16. The number of nitrogens with zero attached hydrogens (tertiary/aromatic N) is 2. The van der Waals surface area contributed by atoms with E-state index in [4.69, 9.17) is 9.47 Å². The lowest BCUT2D eigenvalue weighted by atomic mass is 9.80. The van der Waals surface area contributed by atoms with Crippen LogP contribution >= 0.6 is 0 Å². The first-order valence-corrected chi connectivity index (χ1v) is 9.69. The molecule has 156 valence electrons. The van der Waals surface area contributed by atoms with Crippen molar-refractivity contribution < 1.29 is 23.5 Å². The van der Waals surface area contributed by atoms with Crippen molar-refractivity contribution >= 4 is 23.2 Å². The monoisotopic (exact) mass is 419 g/mol. The number of benzene rings is 2. The average Bonchev–Trinajstić information content (AvgIpc) is 3.28. The third-order valence-electron chi connectivity index (χ3n) is 5.60. The summed E-state index contributed by atoms with van der Waals surface area (Å²) < 4.78 is 25.0. The van der Waals surface area contributed by atoms with E-state index in [0.29, 0.717) is 28.6 Å². The second-order valence-electron chi connectivity index (χ2n) is 7.33. The Morgan fingerprint density at radius 1 is 1.19 bits per heavy atom. The Bertz CT molecular complexity index is 1210. The first-order valence-electron chi connectivity index (χ1n) is 9.69. The molecule has 3 heterocycles. The highest BCUT2D eigenvalue weighted by atomic mass is 19.1. The Morgan fingerprint density at radius 2 is 1.97 bits per heavy atom. The number of aromatic nitrogens is 1. The van der Waals surface area contributed by atoms with E-state index in [9.17, 15) is 14.0 Å². The largest absolute Gasteiger partial charge is 0.490 e. The van der Waals surface area contributed by atoms with Gasteiger partial charge in [-0.05, 0) is 24.3 Å². The van der Waals surface area contributed by atoms with Gasteiger partial charge in [0.05, 0.1) is 12.8 Å². The molecule has 0 bridgehead atoms. The standard InChI is InChI=1S/C23H18FN3O4/c1-30-20-11-10-18-21(26-20)23(13-31-18)14-6-2-5-9-17(14)27(22(23)29)12-19(28)25-16-8-4-3-7-15(16)24/h2-11H,12-13H2,1H3,(H,25,28). The van der Waals surface area contributed by atoms with Gasteiger partial charge in [0.2, 0.25) is 17.7 Å². The van der Waals surface area contributed by atoms with E-state index in [1.165, 1.54) is 30.2 Å². The van der Waals surface area contributed by atoms with E-state index in [2.05, 4.69) is 10.3 Å². The average molecular weight is 419 g/mol. The summed E-state index contributed by atoms with van der Waals surface area (Å²) in [5.41, 5.74) is 0.651. The summed E-state index contributed by atoms with van der Waals surface area (Å²) in [6.07, 6.45) is 0. The summed E-state index contributed by atoms with van der Waals surface area (Å²) >= 11 is 0. The minimum Gasteiger partial charge on any atom is -0.490 e. The van der Waals surface area contributed by atoms with Gasteiger partial charge in [-0.15, -0.1) is 0 Å². The van der Waals surface area contributed by atoms with Crippen molar-refractivity contribution in [1.82, 2.24) is 4.98 Å². The number of rotatable bonds is 4. The second kappa shape index (κ2) is 7.09. The second-order valence-corrected chi connectivity index (χ2v) is 7.33. The van der Waals surface area contributed by atoms with Gasteiger partial charge in [-0.2, -0.15) is 0 Å². The molecule has 0 aliphatic carbocycles. The lowest BCUT2D eigenvalue weighted by Gasteiger charge is -2.22. The number of hydrogen-bond donors (Lipinski definition) is 1. The van der Waals surface area contributed by atoms with Gasteiger partial charge in [-0.3, -0.25) is 9.59 Å². The van der Waals surface area contributed by atoms with Crippen molar-refractivity contribution in [1.29, 1.82) is 0 Å². The lowest BCUT2D eigenvalue weighted by molar-refractivity contribution is -0.124. The van der Waals surface area contributed by atoms with Crippen LogP contribution in [0.1, 0.15) is 11.3 Å². The van der Waals surface area contributed by atoms with Gasteiger partial charge in [0.1, 0.15) is 30.4 Å². The van der Waals surface area contributed by atoms with E-state index >= 15 is 0 Å². The van der Waals surface area contributed by atoms with Crippen molar-refractivity contribution in [2.45, 2.75) is 5.41 Å². The highest BCUT2D eigenvalue weighted by Gasteiger charge is 2.58. The van der Waals surface area contributed by atoms with Gasteiger partial charge in [-0.25, -0.2) is 9.37 Å². The Morgan fingerprint density at radius 3 is 2.77 bits per heavy atom. The SMILES string of the molecule is COc1ccc2c(n1)C1(CO2)C(=O)N(CC(=O)Nc2ccccc2F)c2ccccc21. The summed E-state index contributed by atoms with van der Waals surface area (Å²) in [6.45, 7) is -0.199. The van der Waals surface area contributed by atoms with Gasteiger partial charge in [0.15, 0.2) is 5.41 Å². The Balaban J connectivity index is 1.52. The highest BCUT2D eigenvalue weighted by molar-refractivity contribution is 6.14. The van der Waals surface area contributed by atoms with Crippen molar-refractivity contribution in [2.24, 2.45) is 0 Å². The Hall–Kier alpha value is -3.94. The van der Waals surface area contributed by atoms with E-state index in [1.54, 1.807) is 30.3 Å². The molecule has 2 aliphatic rings. The molecule has 0 saturated carbocycles. The molecule has 5 rings (SSSR count). The summed E-state index contributed by atoms with van der Waals surface area (Å²) in [4.78, 5) is 32.3. The zero-order valence-corrected chi connectivity index (χ0v) is 16.6. The number of halogens is 1. The first kappa shape index (κ1) is 19.0. The molecule has 2 aromatic carbocycles. The normalized spacial score (nSPS) is 18.5. The molecule has 2 amide bonds. The smallest absolute Gasteiger partial charge is 0.247 e. The van der Waals surface area contributed by atoms with Crippen molar-refractivity contribution in [2.75, 3.05) is 30.5 Å². The van der Waals surface area contributed by atoms with Gasteiger partial charge in [0.25, 0.3) is 0 Å². The molecule has 2 aliphatic heterocycles.